The maximum atomic E-state index is 12.2. The van der Waals surface area contributed by atoms with Crippen molar-refractivity contribution in [3.63, 3.8) is 0 Å². The summed E-state index contributed by atoms with van der Waals surface area (Å²) in [6.45, 7) is 9.52. The summed E-state index contributed by atoms with van der Waals surface area (Å²) in [5, 5.41) is 2.86. The number of aryl methyl sites for hydroxylation is 1. The minimum absolute atomic E-state index is 0. The summed E-state index contributed by atoms with van der Waals surface area (Å²) in [6.07, 6.45) is 1.59. The first-order valence-electron chi connectivity index (χ1n) is 7.03. The molecule has 0 radical (unpaired) electrons. The number of hydrogen-bond acceptors (Lipinski definition) is 3. The lowest BCUT2D eigenvalue weighted by Crippen LogP contribution is -2.49. The van der Waals surface area contributed by atoms with E-state index in [9.17, 15) is 9.59 Å². The second kappa shape index (κ2) is 7.61. The highest BCUT2D eigenvalue weighted by molar-refractivity contribution is 6.02. The normalized spacial score (nSPS) is 11.0. The van der Waals surface area contributed by atoms with Gasteiger partial charge in [0.1, 0.15) is 5.69 Å². The van der Waals surface area contributed by atoms with Crippen LogP contribution in [0.2, 0.25) is 0 Å². The summed E-state index contributed by atoms with van der Waals surface area (Å²) in [7, 11) is 0. The summed E-state index contributed by atoms with van der Waals surface area (Å²) >= 11 is 0. The van der Waals surface area contributed by atoms with Crippen LogP contribution < -0.4 is 11.1 Å². The number of carbonyl (C=O) groups excluding carboxylic acids is 2. The van der Waals surface area contributed by atoms with E-state index in [1.807, 2.05) is 13.8 Å². The van der Waals surface area contributed by atoms with Gasteiger partial charge in [-0.05, 0) is 39.2 Å². The molecule has 21 heavy (non-hydrogen) atoms. The Bertz CT molecular complexity index is 519. The van der Waals surface area contributed by atoms with Crippen molar-refractivity contribution in [3.8, 4) is 0 Å². The third-order valence-electron chi connectivity index (χ3n) is 4.03. The number of ketones is 1. The van der Waals surface area contributed by atoms with Crippen molar-refractivity contribution in [3.05, 3.63) is 22.5 Å². The molecule has 120 valence electrons. The maximum Gasteiger partial charge on any atom is 0.268 e. The minimum atomic E-state index is -0.380. The molecule has 0 aromatic carbocycles. The van der Waals surface area contributed by atoms with E-state index in [4.69, 9.17) is 5.73 Å². The van der Waals surface area contributed by atoms with E-state index in [0.717, 1.165) is 18.5 Å². The molecule has 5 nitrogen and oxygen atoms in total. The SMILES string of the molecule is CCC(N)(CC)CNC(=O)c1[nH]c(C)c(C(C)=O)c1C.Cl. The average molecular weight is 316 g/mol. The summed E-state index contributed by atoms with van der Waals surface area (Å²) in [5.41, 5.74) is 8.25. The topological polar surface area (TPSA) is 88.0 Å². The Morgan fingerprint density at radius 3 is 2.14 bits per heavy atom. The Morgan fingerprint density at radius 1 is 1.24 bits per heavy atom. The molecule has 0 spiro atoms. The Balaban J connectivity index is 0.00000400. The van der Waals surface area contributed by atoms with Gasteiger partial charge in [0.25, 0.3) is 5.91 Å². The van der Waals surface area contributed by atoms with E-state index < -0.39 is 0 Å². The molecule has 4 N–H and O–H groups in total. The molecule has 0 saturated heterocycles. The number of Topliss-reactive ketones (excluding diaryl/α,β-unsaturated/α-hetero) is 1. The molecule has 0 bridgehead atoms. The molecule has 1 aromatic rings. The Morgan fingerprint density at radius 2 is 1.76 bits per heavy atom. The van der Waals surface area contributed by atoms with Gasteiger partial charge < -0.3 is 16.0 Å². The molecule has 0 aliphatic carbocycles. The molecule has 0 atom stereocenters. The molecule has 0 unspecified atom stereocenters. The molecular weight excluding hydrogens is 290 g/mol. The van der Waals surface area contributed by atoms with Crippen LogP contribution in [0.5, 0.6) is 0 Å². The standard InChI is InChI=1S/C15H25N3O2.ClH/c1-6-15(16,7-2)8-17-14(20)13-9(3)12(11(5)19)10(4)18-13;/h18H,6-8,16H2,1-5H3,(H,17,20);1H. The first-order chi connectivity index (χ1) is 9.25. The third-order valence-corrected chi connectivity index (χ3v) is 4.03. The average Bonchev–Trinajstić information content (AvgIpc) is 2.71. The van der Waals surface area contributed by atoms with Gasteiger partial charge in [-0.15, -0.1) is 12.4 Å². The van der Waals surface area contributed by atoms with Crippen LogP contribution in [-0.4, -0.2) is 28.8 Å². The van der Waals surface area contributed by atoms with Crippen molar-refractivity contribution in [2.24, 2.45) is 5.73 Å². The van der Waals surface area contributed by atoms with Gasteiger partial charge in [-0.25, -0.2) is 0 Å². The van der Waals surface area contributed by atoms with Crippen molar-refractivity contribution in [2.45, 2.75) is 53.0 Å². The minimum Gasteiger partial charge on any atom is -0.354 e. The van der Waals surface area contributed by atoms with Crippen LogP contribution in [0.25, 0.3) is 0 Å². The zero-order valence-electron chi connectivity index (χ0n) is 13.4. The van der Waals surface area contributed by atoms with Gasteiger partial charge >= 0.3 is 0 Å². The van der Waals surface area contributed by atoms with Gasteiger partial charge in [0, 0.05) is 23.3 Å². The van der Waals surface area contributed by atoms with E-state index in [0.29, 0.717) is 23.4 Å². The van der Waals surface area contributed by atoms with Crippen molar-refractivity contribution < 1.29 is 9.59 Å². The van der Waals surface area contributed by atoms with Gasteiger partial charge in [0.05, 0.1) is 0 Å². The molecule has 1 amide bonds. The fourth-order valence-corrected chi connectivity index (χ4v) is 2.35. The molecule has 1 rings (SSSR count). The Kier molecular flexibility index (Phi) is 7.13. The van der Waals surface area contributed by atoms with E-state index in [1.54, 1.807) is 13.8 Å². The number of aromatic amines is 1. The van der Waals surface area contributed by atoms with E-state index >= 15 is 0 Å². The molecule has 0 aliphatic rings. The monoisotopic (exact) mass is 315 g/mol. The molecule has 0 fully saturated rings. The largest absolute Gasteiger partial charge is 0.354 e. The van der Waals surface area contributed by atoms with Gasteiger partial charge in [-0.2, -0.15) is 0 Å². The zero-order valence-corrected chi connectivity index (χ0v) is 14.2. The lowest BCUT2D eigenvalue weighted by atomic mass is 9.94. The number of hydrogen-bond donors (Lipinski definition) is 3. The van der Waals surface area contributed by atoms with Crippen LogP contribution in [-0.2, 0) is 0 Å². The highest BCUT2D eigenvalue weighted by Crippen LogP contribution is 2.18. The summed E-state index contributed by atoms with van der Waals surface area (Å²) in [6, 6.07) is 0. The van der Waals surface area contributed by atoms with Gasteiger partial charge in [-0.3, -0.25) is 9.59 Å². The predicted octanol–water partition coefficient (Wildman–Crippen LogP) is 2.50. The number of H-pyrrole nitrogens is 1. The van der Waals surface area contributed by atoms with Gasteiger partial charge in [-0.1, -0.05) is 13.8 Å². The molecule has 1 aromatic heterocycles. The fourth-order valence-electron chi connectivity index (χ4n) is 2.35. The van der Waals surface area contributed by atoms with Crippen LogP contribution in [0.1, 0.15) is 65.7 Å². The highest BCUT2D eigenvalue weighted by Gasteiger charge is 2.24. The Hall–Kier alpha value is -1.33. The quantitative estimate of drug-likeness (QED) is 0.705. The number of nitrogens with two attached hydrogens (primary N) is 1. The van der Waals surface area contributed by atoms with Crippen molar-refractivity contribution in [1.82, 2.24) is 10.3 Å². The van der Waals surface area contributed by atoms with Crippen molar-refractivity contribution in [2.75, 3.05) is 6.54 Å². The van der Waals surface area contributed by atoms with Crippen LogP contribution >= 0.6 is 12.4 Å². The number of carbonyl (C=O) groups is 2. The summed E-state index contributed by atoms with van der Waals surface area (Å²) in [4.78, 5) is 26.8. The van der Waals surface area contributed by atoms with E-state index in [2.05, 4.69) is 10.3 Å². The second-order valence-electron chi connectivity index (χ2n) is 5.43. The number of rotatable bonds is 6. The number of amides is 1. The lowest BCUT2D eigenvalue weighted by molar-refractivity contribution is 0.0937. The van der Waals surface area contributed by atoms with E-state index in [1.165, 1.54) is 6.92 Å². The molecule has 6 heteroatoms. The maximum absolute atomic E-state index is 12.2. The van der Waals surface area contributed by atoms with Crippen molar-refractivity contribution >= 4 is 24.1 Å². The highest BCUT2D eigenvalue weighted by atomic mass is 35.5. The predicted molar refractivity (Wildman–Crippen MR) is 87.4 cm³/mol. The molecule has 0 aliphatic heterocycles. The number of halogens is 1. The van der Waals surface area contributed by atoms with Crippen LogP contribution in [0.4, 0.5) is 0 Å². The zero-order chi connectivity index (χ0) is 15.5. The molecular formula is C15H26ClN3O2. The summed E-state index contributed by atoms with van der Waals surface area (Å²) < 4.78 is 0. The lowest BCUT2D eigenvalue weighted by Gasteiger charge is -2.26. The van der Waals surface area contributed by atoms with Crippen molar-refractivity contribution in [1.29, 1.82) is 0 Å². The number of nitrogens with one attached hydrogen (secondary N) is 2. The summed E-state index contributed by atoms with van der Waals surface area (Å²) in [5.74, 6) is -0.250. The second-order valence-corrected chi connectivity index (χ2v) is 5.43. The first-order valence-corrected chi connectivity index (χ1v) is 7.03. The van der Waals surface area contributed by atoms with E-state index in [-0.39, 0.29) is 29.6 Å². The molecule has 1 heterocycles. The molecule has 0 saturated carbocycles. The smallest absolute Gasteiger partial charge is 0.268 e. The number of aromatic nitrogens is 1. The van der Waals surface area contributed by atoms with Crippen LogP contribution in [0, 0.1) is 13.8 Å². The van der Waals surface area contributed by atoms with Crippen LogP contribution in [0.15, 0.2) is 0 Å². The van der Waals surface area contributed by atoms with Crippen LogP contribution in [0.3, 0.4) is 0 Å². The Labute approximate surface area is 132 Å². The fraction of sp³-hybridized carbons (Fsp3) is 0.600. The van der Waals surface area contributed by atoms with Gasteiger partial charge in [0.2, 0.25) is 0 Å². The first kappa shape index (κ1) is 19.7. The van der Waals surface area contributed by atoms with Gasteiger partial charge in [0.15, 0.2) is 5.78 Å². The third kappa shape index (κ3) is 4.32.